The zero-order chi connectivity index (χ0) is 20.1. The van der Waals surface area contributed by atoms with Crippen molar-refractivity contribution < 1.29 is 14.0 Å². The summed E-state index contributed by atoms with van der Waals surface area (Å²) in [6.07, 6.45) is 2.42. The Morgan fingerprint density at radius 3 is 2.46 bits per heavy atom. The van der Waals surface area contributed by atoms with Crippen LogP contribution in [0.3, 0.4) is 0 Å². The third-order valence-electron chi connectivity index (χ3n) is 5.54. The number of hydrogen-bond donors (Lipinski definition) is 1. The number of halogens is 1. The number of amides is 2. The molecule has 1 saturated heterocycles. The lowest BCUT2D eigenvalue weighted by Gasteiger charge is -2.39. The molecule has 5 heteroatoms. The summed E-state index contributed by atoms with van der Waals surface area (Å²) in [6.45, 7) is 4.21. The third-order valence-corrected chi connectivity index (χ3v) is 5.54. The molecule has 0 aromatic heterocycles. The van der Waals surface area contributed by atoms with Gasteiger partial charge in [0.1, 0.15) is 5.82 Å². The van der Waals surface area contributed by atoms with Crippen LogP contribution >= 0.6 is 0 Å². The van der Waals surface area contributed by atoms with Crippen molar-refractivity contribution in [2.45, 2.75) is 45.7 Å². The van der Waals surface area contributed by atoms with Gasteiger partial charge in [0.05, 0.1) is 12.0 Å². The molecule has 2 aromatic rings. The molecule has 0 unspecified atom stereocenters. The standard InChI is InChI=1S/C23H27FN2O2/c1-3-17-8-10-18(11-9-17)22-13-12-20(15-26(22)16(2)27)23(28)25-14-19-6-4-5-7-21(19)24/h4-11,20,22H,3,12-15H2,1-2H3,(H,25,28)/t20-,22+/m1/s1. The average Bonchev–Trinajstić information content (AvgIpc) is 2.72. The molecule has 0 bridgehead atoms. The molecule has 0 aliphatic carbocycles. The van der Waals surface area contributed by atoms with Crippen molar-refractivity contribution in [1.29, 1.82) is 0 Å². The number of likely N-dealkylation sites (tertiary alicyclic amines) is 1. The Balaban J connectivity index is 1.65. The Morgan fingerprint density at radius 2 is 1.82 bits per heavy atom. The molecule has 148 valence electrons. The van der Waals surface area contributed by atoms with Crippen molar-refractivity contribution in [2.24, 2.45) is 5.92 Å². The molecular formula is C23H27FN2O2. The highest BCUT2D eigenvalue weighted by Crippen LogP contribution is 2.33. The van der Waals surface area contributed by atoms with Gasteiger partial charge in [-0.05, 0) is 36.5 Å². The highest BCUT2D eigenvalue weighted by Gasteiger charge is 2.34. The van der Waals surface area contributed by atoms with E-state index < -0.39 is 0 Å². The highest BCUT2D eigenvalue weighted by atomic mass is 19.1. The number of nitrogens with zero attached hydrogens (tertiary/aromatic N) is 1. The Kier molecular flexibility index (Phi) is 6.45. The van der Waals surface area contributed by atoms with Gasteiger partial charge >= 0.3 is 0 Å². The second-order valence-electron chi connectivity index (χ2n) is 7.37. The SMILES string of the molecule is CCc1ccc([C@@H]2CC[C@@H](C(=O)NCc3ccccc3F)CN2C(C)=O)cc1. The van der Waals surface area contributed by atoms with Gasteiger partial charge in [-0.25, -0.2) is 4.39 Å². The van der Waals surface area contributed by atoms with Gasteiger partial charge in [0.15, 0.2) is 0 Å². The van der Waals surface area contributed by atoms with Gasteiger partial charge in [0, 0.05) is 25.6 Å². The van der Waals surface area contributed by atoms with Gasteiger partial charge in [-0.15, -0.1) is 0 Å². The van der Waals surface area contributed by atoms with Crippen LogP contribution in [-0.2, 0) is 22.6 Å². The molecule has 1 N–H and O–H groups in total. The smallest absolute Gasteiger partial charge is 0.225 e. The van der Waals surface area contributed by atoms with Gasteiger partial charge < -0.3 is 10.2 Å². The van der Waals surface area contributed by atoms with Crippen LogP contribution in [-0.4, -0.2) is 23.3 Å². The minimum atomic E-state index is -0.326. The molecule has 1 aliphatic heterocycles. The summed E-state index contributed by atoms with van der Waals surface area (Å²) in [4.78, 5) is 26.6. The van der Waals surface area contributed by atoms with E-state index in [9.17, 15) is 14.0 Å². The monoisotopic (exact) mass is 382 g/mol. The molecular weight excluding hydrogens is 355 g/mol. The van der Waals surface area contributed by atoms with E-state index in [-0.39, 0.29) is 36.1 Å². The van der Waals surface area contributed by atoms with Crippen molar-refractivity contribution in [2.75, 3.05) is 6.54 Å². The zero-order valence-electron chi connectivity index (χ0n) is 16.5. The fourth-order valence-electron chi connectivity index (χ4n) is 3.82. The maximum absolute atomic E-state index is 13.7. The summed E-state index contributed by atoms with van der Waals surface area (Å²) >= 11 is 0. The molecule has 2 atom stereocenters. The van der Waals surface area contributed by atoms with Crippen LogP contribution in [0.5, 0.6) is 0 Å². The van der Waals surface area contributed by atoms with E-state index in [1.54, 1.807) is 30.0 Å². The van der Waals surface area contributed by atoms with Crippen molar-refractivity contribution >= 4 is 11.8 Å². The lowest BCUT2D eigenvalue weighted by atomic mass is 9.88. The molecule has 1 fully saturated rings. The first kappa shape index (κ1) is 20.1. The Morgan fingerprint density at radius 1 is 1.11 bits per heavy atom. The minimum Gasteiger partial charge on any atom is -0.352 e. The van der Waals surface area contributed by atoms with E-state index in [1.165, 1.54) is 11.6 Å². The Hall–Kier alpha value is -2.69. The molecule has 3 rings (SSSR count). The molecule has 0 saturated carbocycles. The normalized spacial score (nSPS) is 19.3. The zero-order valence-corrected chi connectivity index (χ0v) is 16.5. The Labute approximate surface area is 165 Å². The fourth-order valence-corrected chi connectivity index (χ4v) is 3.82. The highest BCUT2D eigenvalue weighted by molar-refractivity contribution is 5.81. The first-order valence-electron chi connectivity index (χ1n) is 9.86. The molecule has 4 nitrogen and oxygen atoms in total. The topological polar surface area (TPSA) is 49.4 Å². The van der Waals surface area contributed by atoms with Crippen LogP contribution in [0.2, 0.25) is 0 Å². The number of piperidine rings is 1. The van der Waals surface area contributed by atoms with E-state index in [4.69, 9.17) is 0 Å². The number of hydrogen-bond acceptors (Lipinski definition) is 2. The quantitative estimate of drug-likeness (QED) is 0.850. The minimum absolute atomic E-state index is 0.000904. The van der Waals surface area contributed by atoms with Crippen molar-refractivity contribution in [3.63, 3.8) is 0 Å². The Bertz CT molecular complexity index is 835. The summed E-state index contributed by atoms with van der Waals surface area (Å²) in [5.74, 6) is -0.764. The summed E-state index contributed by atoms with van der Waals surface area (Å²) in [6, 6.07) is 14.8. The van der Waals surface area contributed by atoms with Gasteiger partial charge in [-0.1, -0.05) is 49.4 Å². The molecule has 28 heavy (non-hydrogen) atoms. The van der Waals surface area contributed by atoms with Crippen LogP contribution in [0.1, 0.15) is 49.4 Å². The fraction of sp³-hybridized carbons (Fsp3) is 0.391. The first-order valence-corrected chi connectivity index (χ1v) is 9.86. The maximum atomic E-state index is 13.7. The molecule has 0 radical (unpaired) electrons. The molecule has 1 heterocycles. The predicted molar refractivity (Wildman–Crippen MR) is 107 cm³/mol. The largest absolute Gasteiger partial charge is 0.352 e. The van der Waals surface area contributed by atoms with Crippen molar-refractivity contribution in [3.05, 3.63) is 71.0 Å². The van der Waals surface area contributed by atoms with Crippen LogP contribution in [0.15, 0.2) is 48.5 Å². The van der Waals surface area contributed by atoms with E-state index in [1.807, 2.05) is 0 Å². The average molecular weight is 382 g/mol. The summed E-state index contributed by atoms with van der Waals surface area (Å²) < 4.78 is 13.7. The summed E-state index contributed by atoms with van der Waals surface area (Å²) in [5, 5.41) is 2.82. The van der Waals surface area contributed by atoms with E-state index in [0.717, 1.165) is 18.4 Å². The number of nitrogens with one attached hydrogen (secondary N) is 1. The number of rotatable bonds is 5. The lowest BCUT2D eigenvalue weighted by Crippen LogP contribution is -2.46. The van der Waals surface area contributed by atoms with E-state index in [0.29, 0.717) is 18.5 Å². The van der Waals surface area contributed by atoms with Crippen LogP contribution in [0.25, 0.3) is 0 Å². The summed E-state index contributed by atoms with van der Waals surface area (Å²) in [5.41, 5.74) is 2.83. The van der Waals surface area contributed by atoms with E-state index in [2.05, 4.69) is 36.5 Å². The lowest BCUT2D eigenvalue weighted by molar-refractivity contribution is -0.137. The van der Waals surface area contributed by atoms with Crippen LogP contribution < -0.4 is 5.32 Å². The van der Waals surface area contributed by atoms with Crippen molar-refractivity contribution in [3.8, 4) is 0 Å². The van der Waals surface area contributed by atoms with Gasteiger partial charge in [0.2, 0.25) is 11.8 Å². The van der Waals surface area contributed by atoms with Crippen molar-refractivity contribution in [1.82, 2.24) is 10.2 Å². The molecule has 0 spiro atoms. The van der Waals surface area contributed by atoms with Gasteiger partial charge in [-0.2, -0.15) is 0 Å². The molecule has 2 aromatic carbocycles. The summed E-state index contributed by atoms with van der Waals surface area (Å²) in [7, 11) is 0. The first-order chi connectivity index (χ1) is 13.5. The van der Waals surface area contributed by atoms with E-state index >= 15 is 0 Å². The van der Waals surface area contributed by atoms with Crippen LogP contribution in [0, 0.1) is 11.7 Å². The van der Waals surface area contributed by atoms with Gasteiger partial charge in [0.25, 0.3) is 0 Å². The maximum Gasteiger partial charge on any atom is 0.225 e. The van der Waals surface area contributed by atoms with Gasteiger partial charge in [-0.3, -0.25) is 9.59 Å². The van der Waals surface area contributed by atoms with Crippen LogP contribution in [0.4, 0.5) is 4.39 Å². The molecule has 2 amide bonds. The number of benzene rings is 2. The second-order valence-corrected chi connectivity index (χ2v) is 7.37. The number of aryl methyl sites for hydroxylation is 1. The number of carbonyl (C=O) groups excluding carboxylic acids is 2. The number of carbonyl (C=O) groups is 2. The predicted octanol–water partition coefficient (Wildman–Crippen LogP) is 4.00. The third kappa shape index (κ3) is 4.58. The second kappa shape index (κ2) is 9.00. The molecule has 1 aliphatic rings.